The summed E-state index contributed by atoms with van der Waals surface area (Å²) in [5, 5.41) is 5.75. The van der Waals surface area contributed by atoms with Crippen molar-refractivity contribution in [3.8, 4) is 0 Å². The number of nitrogens with one attached hydrogen (secondary N) is 1. The first-order valence-electron chi connectivity index (χ1n) is 8.68. The molecule has 1 amide bonds. The zero-order valence-electron chi connectivity index (χ0n) is 14.9. The third-order valence-electron chi connectivity index (χ3n) is 4.24. The largest absolute Gasteiger partial charge is 0.375 e. The molecule has 2 rings (SSSR count). The molecule has 0 aliphatic rings. The van der Waals surface area contributed by atoms with Gasteiger partial charge in [-0.25, -0.2) is 0 Å². The lowest BCUT2D eigenvalue weighted by Crippen LogP contribution is -2.87. The number of nitrogens with zero attached hydrogens (tertiary/aromatic N) is 1. The maximum absolute atomic E-state index is 12.0. The Labute approximate surface area is 155 Å². The van der Waals surface area contributed by atoms with Crippen molar-refractivity contribution < 1.29 is 10.1 Å². The summed E-state index contributed by atoms with van der Waals surface area (Å²) in [5.41, 5.74) is 2.36. The van der Waals surface area contributed by atoms with Gasteiger partial charge in [0.2, 0.25) is 0 Å². The van der Waals surface area contributed by atoms with Gasteiger partial charge in [-0.2, -0.15) is 0 Å². The summed E-state index contributed by atoms with van der Waals surface area (Å²) in [6.07, 6.45) is 0.921. The van der Waals surface area contributed by atoms with E-state index in [2.05, 4.69) is 36.3 Å². The lowest BCUT2D eigenvalue weighted by Gasteiger charge is -2.19. The number of benzene rings is 2. The molecule has 0 aromatic heterocycles. The Morgan fingerprint density at radius 1 is 1.16 bits per heavy atom. The quantitative estimate of drug-likeness (QED) is 0.675. The van der Waals surface area contributed by atoms with Crippen LogP contribution in [0.25, 0.3) is 0 Å². The fourth-order valence-electron chi connectivity index (χ4n) is 2.61. The second-order valence-corrected chi connectivity index (χ2v) is 6.68. The molecule has 0 aliphatic carbocycles. The lowest BCUT2D eigenvalue weighted by atomic mass is 10.1. The number of hydrogen-bond donors (Lipinski definition) is 2. The minimum atomic E-state index is 0.0724. The van der Waals surface area contributed by atoms with Crippen LogP contribution in [0.2, 0.25) is 5.02 Å². The van der Waals surface area contributed by atoms with E-state index in [-0.39, 0.29) is 11.9 Å². The number of quaternary nitrogens is 1. The van der Waals surface area contributed by atoms with E-state index >= 15 is 0 Å². The summed E-state index contributed by atoms with van der Waals surface area (Å²) in [5.74, 6) is 0.0724. The SMILES string of the molecule is C[C@@H]([NH2+]CC(=O)NCCCN(C)c1ccccc1)c1ccc(Cl)cc1. The number of carbonyl (C=O) groups excluding carboxylic acids is 1. The Bertz CT molecular complexity index is 646. The average molecular weight is 361 g/mol. The smallest absolute Gasteiger partial charge is 0.275 e. The average Bonchev–Trinajstić information content (AvgIpc) is 2.64. The number of carbonyl (C=O) groups is 1. The molecule has 0 radical (unpaired) electrons. The maximum Gasteiger partial charge on any atom is 0.275 e. The summed E-state index contributed by atoms with van der Waals surface area (Å²) in [7, 11) is 2.07. The van der Waals surface area contributed by atoms with Crippen molar-refractivity contribution in [3.05, 3.63) is 65.2 Å². The second-order valence-electron chi connectivity index (χ2n) is 6.24. The summed E-state index contributed by atoms with van der Waals surface area (Å²) in [4.78, 5) is 14.2. The standard InChI is InChI=1S/C20H26ClN3O/c1-16(17-9-11-18(21)12-10-17)23-15-20(25)22-13-6-14-24(2)19-7-4-3-5-8-19/h3-5,7-12,16,23H,6,13-15H2,1-2H3,(H,22,25)/p+1/t16-/m1/s1. The summed E-state index contributed by atoms with van der Waals surface area (Å²) < 4.78 is 0. The minimum Gasteiger partial charge on any atom is -0.375 e. The molecule has 0 fully saturated rings. The van der Waals surface area contributed by atoms with E-state index in [0.29, 0.717) is 13.1 Å². The first-order chi connectivity index (χ1) is 12.1. The molecular formula is C20H27ClN3O+. The molecule has 0 spiro atoms. The van der Waals surface area contributed by atoms with E-state index < -0.39 is 0 Å². The molecule has 5 heteroatoms. The highest BCUT2D eigenvalue weighted by Crippen LogP contribution is 2.13. The van der Waals surface area contributed by atoms with Gasteiger partial charge in [-0.05, 0) is 37.6 Å². The third-order valence-corrected chi connectivity index (χ3v) is 4.49. The van der Waals surface area contributed by atoms with Crippen LogP contribution < -0.4 is 15.5 Å². The van der Waals surface area contributed by atoms with Gasteiger partial charge in [-0.1, -0.05) is 41.9 Å². The van der Waals surface area contributed by atoms with Crippen LogP contribution in [0, 0.1) is 0 Å². The van der Waals surface area contributed by atoms with Crippen LogP contribution in [0.1, 0.15) is 24.9 Å². The van der Waals surface area contributed by atoms with Gasteiger partial charge in [0.25, 0.3) is 5.91 Å². The van der Waals surface area contributed by atoms with Gasteiger partial charge in [0.1, 0.15) is 6.04 Å². The fourth-order valence-corrected chi connectivity index (χ4v) is 2.74. The maximum atomic E-state index is 12.0. The van der Waals surface area contributed by atoms with Crippen molar-refractivity contribution >= 4 is 23.2 Å². The number of rotatable bonds is 9. The van der Waals surface area contributed by atoms with Crippen molar-refractivity contribution in [1.29, 1.82) is 0 Å². The van der Waals surface area contributed by atoms with Crippen molar-refractivity contribution in [2.45, 2.75) is 19.4 Å². The number of amides is 1. The fraction of sp³-hybridized carbons (Fsp3) is 0.350. The molecule has 25 heavy (non-hydrogen) atoms. The molecule has 0 unspecified atom stereocenters. The second kappa shape index (κ2) is 10.1. The van der Waals surface area contributed by atoms with Gasteiger partial charge >= 0.3 is 0 Å². The predicted molar refractivity (Wildman–Crippen MR) is 104 cm³/mol. The Morgan fingerprint density at radius 3 is 2.52 bits per heavy atom. The number of para-hydroxylation sites is 1. The van der Waals surface area contributed by atoms with Crippen molar-refractivity contribution in [3.63, 3.8) is 0 Å². The summed E-state index contributed by atoms with van der Waals surface area (Å²) in [6, 6.07) is 18.2. The van der Waals surface area contributed by atoms with Crippen LogP contribution in [0.5, 0.6) is 0 Å². The topological polar surface area (TPSA) is 49.0 Å². The number of anilines is 1. The molecule has 3 N–H and O–H groups in total. The van der Waals surface area contributed by atoms with Crippen molar-refractivity contribution in [2.75, 3.05) is 31.6 Å². The van der Waals surface area contributed by atoms with E-state index in [0.717, 1.165) is 18.0 Å². The molecule has 0 saturated heterocycles. The molecular weight excluding hydrogens is 334 g/mol. The Hall–Kier alpha value is -2.04. The van der Waals surface area contributed by atoms with Crippen LogP contribution in [0.3, 0.4) is 0 Å². The van der Waals surface area contributed by atoms with E-state index in [1.807, 2.05) is 47.8 Å². The van der Waals surface area contributed by atoms with Crippen molar-refractivity contribution in [1.82, 2.24) is 5.32 Å². The lowest BCUT2D eigenvalue weighted by molar-refractivity contribution is -0.682. The number of nitrogens with two attached hydrogens (primary N) is 1. The van der Waals surface area contributed by atoms with E-state index in [9.17, 15) is 4.79 Å². The van der Waals surface area contributed by atoms with Gasteiger partial charge in [-0.3, -0.25) is 4.79 Å². The summed E-state index contributed by atoms with van der Waals surface area (Å²) in [6.45, 7) is 4.12. The molecule has 0 aliphatic heterocycles. The first-order valence-corrected chi connectivity index (χ1v) is 9.05. The monoisotopic (exact) mass is 360 g/mol. The highest BCUT2D eigenvalue weighted by molar-refractivity contribution is 6.30. The first kappa shape index (κ1) is 19.3. The highest BCUT2D eigenvalue weighted by atomic mass is 35.5. The Morgan fingerprint density at radius 2 is 1.84 bits per heavy atom. The van der Waals surface area contributed by atoms with Crippen molar-refractivity contribution in [2.24, 2.45) is 0 Å². The molecule has 4 nitrogen and oxygen atoms in total. The Balaban J connectivity index is 1.61. The van der Waals surface area contributed by atoms with E-state index in [4.69, 9.17) is 11.6 Å². The molecule has 0 saturated carbocycles. The summed E-state index contributed by atoms with van der Waals surface area (Å²) >= 11 is 5.90. The highest BCUT2D eigenvalue weighted by Gasteiger charge is 2.11. The number of hydrogen-bond acceptors (Lipinski definition) is 2. The third kappa shape index (κ3) is 6.77. The number of halogens is 1. The predicted octanol–water partition coefficient (Wildman–Crippen LogP) is 2.61. The molecule has 2 aromatic carbocycles. The van der Waals surface area contributed by atoms with Crippen LogP contribution >= 0.6 is 11.6 Å². The van der Waals surface area contributed by atoms with Crippen LogP contribution in [-0.4, -0.2) is 32.6 Å². The molecule has 0 heterocycles. The normalized spacial score (nSPS) is 11.8. The van der Waals surface area contributed by atoms with Crippen LogP contribution in [0.4, 0.5) is 5.69 Å². The van der Waals surface area contributed by atoms with Crippen LogP contribution in [-0.2, 0) is 4.79 Å². The molecule has 2 aromatic rings. The molecule has 134 valence electrons. The molecule has 0 bridgehead atoms. The zero-order chi connectivity index (χ0) is 18.1. The molecule has 1 atom stereocenters. The van der Waals surface area contributed by atoms with Gasteiger partial charge in [0, 0.05) is 36.4 Å². The van der Waals surface area contributed by atoms with Crippen LogP contribution in [0.15, 0.2) is 54.6 Å². The van der Waals surface area contributed by atoms with E-state index in [1.54, 1.807) is 0 Å². The zero-order valence-corrected chi connectivity index (χ0v) is 15.7. The van der Waals surface area contributed by atoms with E-state index in [1.165, 1.54) is 11.3 Å². The van der Waals surface area contributed by atoms with Gasteiger partial charge in [0.15, 0.2) is 6.54 Å². The van der Waals surface area contributed by atoms with Gasteiger partial charge in [0.05, 0.1) is 0 Å². The van der Waals surface area contributed by atoms with Gasteiger partial charge < -0.3 is 15.5 Å². The minimum absolute atomic E-state index is 0.0724. The van der Waals surface area contributed by atoms with Gasteiger partial charge in [-0.15, -0.1) is 0 Å². The Kier molecular flexibility index (Phi) is 7.76.